The lowest BCUT2D eigenvalue weighted by molar-refractivity contribution is -0.137. The number of rotatable bonds is 5. The van der Waals surface area contributed by atoms with Crippen LogP contribution in [0.3, 0.4) is 0 Å². The SMILES string of the molecule is Cc1cccc(CN2CCCN(c3ccc(C)cc3NC(=O)c3ccc(C(F)(F)F)cc3)C2=O)c1. The summed E-state index contributed by atoms with van der Waals surface area (Å²) in [5.74, 6) is -0.549. The van der Waals surface area contributed by atoms with Crippen molar-refractivity contribution in [3.05, 3.63) is 94.5 Å². The average Bonchev–Trinajstić information content (AvgIpc) is 2.80. The smallest absolute Gasteiger partial charge is 0.320 e. The fourth-order valence-electron chi connectivity index (χ4n) is 4.17. The molecule has 0 bridgehead atoms. The van der Waals surface area contributed by atoms with Crippen molar-refractivity contribution in [1.82, 2.24) is 4.90 Å². The van der Waals surface area contributed by atoms with Crippen LogP contribution in [0.2, 0.25) is 0 Å². The second kappa shape index (κ2) is 9.82. The number of hydrogen-bond donors (Lipinski definition) is 1. The number of carbonyl (C=O) groups excluding carboxylic acids is 2. The molecule has 0 atom stereocenters. The molecule has 4 rings (SSSR count). The van der Waals surface area contributed by atoms with Crippen LogP contribution in [-0.4, -0.2) is 29.9 Å². The van der Waals surface area contributed by atoms with Crippen molar-refractivity contribution in [2.24, 2.45) is 0 Å². The van der Waals surface area contributed by atoms with Crippen LogP contribution in [0.5, 0.6) is 0 Å². The van der Waals surface area contributed by atoms with Crippen LogP contribution in [0, 0.1) is 13.8 Å². The van der Waals surface area contributed by atoms with Gasteiger partial charge in [0.25, 0.3) is 5.91 Å². The maximum atomic E-state index is 13.4. The first kappa shape index (κ1) is 24.3. The zero-order valence-corrected chi connectivity index (χ0v) is 19.5. The Morgan fingerprint density at radius 2 is 1.66 bits per heavy atom. The molecule has 1 N–H and O–H groups in total. The maximum Gasteiger partial charge on any atom is 0.416 e. The van der Waals surface area contributed by atoms with Crippen molar-refractivity contribution >= 4 is 23.3 Å². The van der Waals surface area contributed by atoms with Gasteiger partial charge in [-0.05, 0) is 67.8 Å². The standard InChI is InChI=1S/C27H26F3N3O2/c1-18-5-3-6-20(15-18)17-32-13-4-14-33(26(32)35)24-12-7-19(2)16-23(24)31-25(34)21-8-10-22(11-9-21)27(28,29)30/h3,5-12,15-16H,4,13-14,17H2,1-2H3,(H,31,34). The number of nitrogens with one attached hydrogen (secondary N) is 1. The fourth-order valence-corrected chi connectivity index (χ4v) is 4.17. The highest BCUT2D eigenvalue weighted by Crippen LogP contribution is 2.32. The van der Waals surface area contributed by atoms with Crippen molar-refractivity contribution < 1.29 is 22.8 Å². The number of aryl methyl sites for hydroxylation is 2. The largest absolute Gasteiger partial charge is 0.416 e. The molecule has 3 amide bonds. The Labute approximate surface area is 202 Å². The molecule has 0 radical (unpaired) electrons. The fraction of sp³-hybridized carbons (Fsp3) is 0.259. The zero-order chi connectivity index (χ0) is 25.2. The van der Waals surface area contributed by atoms with E-state index in [-0.39, 0.29) is 11.6 Å². The van der Waals surface area contributed by atoms with Gasteiger partial charge >= 0.3 is 12.2 Å². The van der Waals surface area contributed by atoms with E-state index in [0.29, 0.717) is 31.0 Å². The van der Waals surface area contributed by atoms with E-state index < -0.39 is 17.6 Å². The van der Waals surface area contributed by atoms with E-state index in [0.717, 1.165) is 47.4 Å². The van der Waals surface area contributed by atoms with Gasteiger partial charge in [0.1, 0.15) is 0 Å². The van der Waals surface area contributed by atoms with E-state index in [1.807, 2.05) is 44.2 Å². The van der Waals surface area contributed by atoms with Gasteiger partial charge in [0.15, 0.2) is 0 Å². The summed E-state index contributed by atoms with van der Waals surface area (Å²) in [5.41, 5.74) is 3.29. The summed E-state index contributed by atoms with van der Waals surface area (Å²) in [4.78, 5) is 29.6. The number of amides is 3. The Morgan fingerprint density at radius 3 is 2.34 bits per heavy atom. The molecule has 1 aliphatic rings. The van der Waals surface area contributed by atoms with E-state index in [1.54, 1.807) is 21.9 Å². The lowest BCUT2D eigenvalue weighted by Crippen LogP contribution is -2.49. The van der Waals surface area contributed by atoms with Crippen molar-refractivity contribution in [1.29, 1.82) is 0 Å². The molecule has 3 aromatic carbocycles. The molecule has 0 aliphatic carbocycles. The second-order valence-corrected chi connectivity index (χ2v) is 8.75. The highest BCUT2D eigenvalue weighted by Gasteiger charge is 2.31. The highest BCUT2D eigenvalue weighted by atomic mass is 19.4. The molecule has 182 valence electrons. The van der Waals surface area contributed by atoms with Crippen molar-refractivity contribution in [3.63, 3.8) is 0 Å². The number of benzene rings is 3. The van der Waals surface area contributed by atoms with Gasteiger partial charge in [-0.25, -0.2) is 4.79 Å². The number of alkyl halides is 3. The predicted octanol–water partition coefficient (Wildman–Crippen LogP) is 6.41. The van der Waals surface area contributed by atoms with E-state index in [9.17, 15) is 22.8 Å². The molecule has 0 unspecified atom stereocenters. The summed E-state index contributed by atoms with van der Waals surface area (Å²) in [6, 6.07) is 17.3. The van der Waals surface area contributed by atoms with Gasteiger partial charge in [0, 0.05) is 25.2 Å². The molecular weight excluding hydrogens is 455 g/mol. The number of anilines is 2. The Balaban J connectivity index is 1.55. The molecular formula is C27H26F3N3O2. The summed E-state index contributed by atoms with van der Waals surface area (Å²) >= 11 is 0. The zero-order valence-electron chi connectivity index (χ0n) is 19.5. The van der Waals surface area contributed by atoms with Crippen LogP contribution < -0.4 is 10.2 Å². The number of nitrogens with zero attached hydrogens (tertiary/aromatic N) is 2. The van der Waals surface area contributed by atoms with Crippen LogP contribution in [0.15, 0.2) is 66.7 Å². The third kappa shape index (κ3) is 5.65. The monoisotopic (exact) mass is 481 g/mol. The van der Waals surface area contributed by atoms with E-state index in [1.165, 1.54) is 0 Å². The van der Waals surface area contributed by atoms with E-state index >= 15 is 0 Å². The molecule has 5 nitrogen and oxygen atoms in total. The van der Waals surface area contributed by atoms with Crippen LogP contribution in [0.1, 0.15) is 39.0 Å². The Hall–Kier alpha value is -3.81. The van der Waals surface area contributed by atoms with Gasteiger partial charge < -0.3 is 10.2 Å². The van der Waals surface area contributed by atoms with Gasteiger partial charge in [-0.1, -0.05) is 35.9 Å². The normalized spacial score (nSPS) is 14.3. The van der Waals surface area contributed by atoms with Gasteiger partial charge in [0.2, 0.25) is 0 Å². The number of halogens is 3. The molecule has 1 fully saturated rings. The van der Waals surface area contributed by atoms with Crippen LogP contribution in [-0.2, 0) is 12.7 Å². The second-order valence-electron chi connectivity index (χ2n) is 8.75. The van der Waals surface area contributed by atoms with E-state index in [2.05, 4.69) is 5.32 Å². The molecule has 3 aromatic rings. The Morgan fingerprint density at radius 1 is 0.943 bits per heavy atom. The first-order chi connectivity index (χ1) is 16.6. The quantitative estimate of drug-likeness (QED) is 0.458. The third-order valence-corrected chi connectivity index (χ3v) is 5.93. The molecule has 1 aliphatic heterocycles. The summed E-state index contributed by atoms with van der Waals surface area (Å²) < 4.78 is 38.6. The number of carbonyl (C=O) groups is 2. The summed E-state index contributed by atoms with van der Waals surface area (Å²) in [6.07, 6.45) is -3.71. The molecule has 0 aromatic heterocycles. The first-order valence-corrected chi connectivity index (χ1v) is 11.3. The molecule has 0 spiro atoms. The molecule has 0 saturated carbocycles. The Kier molecular flexibility index (Phi) is 6.82. The maximum absolute atomic E-state index is 13.4. The molecule has 1 saturated heterocycles. The van der Waals surface area contributed by atoms with Crippen LogP contribution >= 0.6 is 0 Å². The minimum absolute atomic E-state index is 0.0940. The topological polar surface area (TPSA) is 52.6 Å². The van der Waals surface area contributed by atoms with Gasteiger partial charge in [-0.3, -0.25) is 9.69 Å². The summed E-state index contributed by atoms with van der Waals surface area (Å²) in [5, 5.41) is 2.78. The van der Waals surface area contributed by atoms with Gasteiger partial charge in [-0.15, -0.1) is 0 Å². The summed E-state index contributed by atoms with van der Waals surface area (Å²) in [7, 11) is 0. The highest BCUT2D eigenvalue weighted by molar-refractivity contribution is 6.07. The van der Waals surface area contributed by atoms with E-state index in [4.69, 9.17) is 0 Å². The minimum atomic E-state index is -4.47. The van der Waals surface area contributed by atoms with Crippen molar-refractivity contribution in [3.8, 4) is 0 Å². The molecule has 8 heteroatoms. The van der Waals surface area contributed by atoms with Crippen molar-refractivity contribution in [2.75, 3.05) is 23.3 Å². The average molecular weight is 482 g/mol. The lowest BCUT2D eigenvalue weighted by Gasteiger charge is -2.36. The molecule has 1 heterocycles. The van der Waals surface area contributed by atoms with Gasteiger partial charge in [-0.2, -0.15) is 13.2 Å². The first-order valence-electron chi connectivity index (χ1n) is 11.3. The number of hydrogen-bond acceptors (Lipinski definition) is 2. The van der Waals surface area contributed by atoms with Crippen LogP contribution in [0.25, 0.3) is 0 Å². The predicted molar refractivity (Wildman–Crippen MR) is 130 cm³/mol. The Bertz CT molecular complexity index is 1240. The van der Waals surface area contributed by atoms with Crippen molar-refractivity contribution in [2.45, 2.75) is 33.0 Å². The lowest BCUT2D eigenvalue weighted by atomic mass is 10.1. The summed E-state index contributed by atoms with van der Waals surface area (Å²) in [6.45, 7) is 5.47. The minimum Gasteiger partial charge on any atom is -0.320 e. The van der Waals surface area contributed by atoms with Gasteiger partial charge in [0.05, 0.1) is 16.9 Å². The van der Waals surface area contributed by atoms with Crippen LogP contribution in [0.4, 0.5) is 29.3 Å². The molecule has 35 heavy (non-hydrogen) atoms. The third-order valence-electron chi connectivity index (χ3n) is 5.93. The number of urea groups is 1.